The Labute approximate surface area is 143 Å². The maximum absolute atomic E-state index is 12.0. The van der Waals surface area contributed by atoms with E-state index in [2.05, 4.69) is 29.7 Å². The van der Waals surface area contributed by atoms with Gasteiger partial charge in [0, 0.05) is 5.69 Å². The van der Waals surface area contributed by atoms with E-state index in [0.717, 1.165) is 29.8 Å². The van der Waals surface area contributed by atoms with E-state index in [1.807, 2.05) is 30.3 Å². The summed E-state index contributed by atoms with van der Waals surface area (Å²) in [5.41, 5.74) is 4.82. The second-order valence-corrected chi connectivity index (χ2v) is 6.02. The van der Waals surface area contributed by atoms with E-state index >= 15 is 0 Å². The largest absolute Gasteiger partial charge is 0.492 e. The molecule has 1 aliphatic rings. The molecule has 0 saturated carbocycles. The minimum atomic E-state index is -0.201. The molecule has 24 heavy (non-hydrogen) atoms. The lowest BCUT2D eigenvalue weighted by Gasteiger charge is -2.12. The van der Waals surface area contributed by atoms with Gasteiger partial charge < -0.3 is 15.4 Å². The van der Waals surface area contributed by atoms with Crippen molar-refractivity contribution in [1.29, 1.82) is 0 Å². The van der Waals surface area contributed by atoms with Gasteiger partial charge in [-0.2, -0.15) is 0 Å². The van der Waals surface area contributed by atoms with Crippen LogP contribution in [0.3, 0.4) is 0 Å². The number of amides is 2. The molecule has 2 amide bonds. The molecule has 4 heteroatoms. The lowest BCUT2D eigenvalue weighted by atomic mass is 10.1. The minimum Gasteiger partial charge on any atom is -0.492 e. The Morgan fingerprint density at radius 3 is 2.83 bits per heavy atom. The number of para-hydroxylation sites is 1. The second-order valence-electron chi connectivity index (χ2n) is 6.02. The zero-order valence-electron chi connectivity index (χ0n) is 14.1. The van der Waals surface area contributed by atoms with Crippen LogP contribution >= 0.6 is 0 Å². The van der Waals surface area contributed by atoms with Crippen molar-refractivity contribution in [3.63, 3.8) is 0 Å². The van der Waals surface area contributed by atoms with Crippen LogP contribution in [0.25, 0.3) is 0 Å². The summed E-state index contributed by atoms with van der Waals surface area (Å²) in [5, 5.41) is 5.72. The number of hydrogen-bond donors (Lipinski definition) is 2. The summed E-state index contributed by atoms with van der Waals surface area (Å²) in [4.78, 5) is 12.0. The van der Waals surface area contributed by atoms with Crippen molar-refractivity contribution in [3.05, 3.63) is 59.2 Å². The highest BCUT2D eigenvalue weighted by Crippen LogP contribution is 2.25. The molecule has 0 spiro atoms. The Balaban J connectivity index is 1.42. The first kappa shape index (κ1) is 16.4. The minimum absolute atomic E-state index is 0.201. The van der Waals surface area contributed by atoms with Crippen LogP contribution < -0.4 is 15.4 Å². The van der Waals surface area contributed by atoms with Gasteiger partial charge in [0.15, 0.2) is 0 Å². The lowest BCUT2D eigenvalue weighted by molar-refractivity contribution is 0.247. The number of aryl methyl sites for hydroxylation is 3. The topological polar surface area (TPSA) is 50.4 Å². The van der Waals surface area contributed by atoms with Gasteiger partial charge in [-0.05, 0) is 60.6 Å². The lowest BCUT2D eigenvalue weighted by Crippen LogP contribution is -2.32. The third kappa shape index (κ3) is 4.07. The van der Waals surface area contributed by atoms with E-state index in [1.54, 1.807) is 0 Å². The van der Waals surface area contributed by atoms with E-state index in [0.29, 0.717) is 13.2 Å². The summed E-state index contributed by atoms with van der Waals surface area (Å²) in [6.07, 6.45) is 4.44. The highest BCUT2D eigenvalue weighted by atomic mass is 16.5. The van der Waals surface area contributed by atoms with Gasteiger partial charge in [-0.15, -0.1) is 0 Å². The van der Waals surface area contributed by atoms with Crippen LogP contribution in [0.1, 0.15) is 30.0 Å². The van der Waals surface area contributed by atoms with Crippen LogP contribution in [0.2, 0.25) is 0 Å². The van der Waals surface area contributed by atoms with E-state index < -0.39 is 0 Å². The van der Waals surface area contributed by atoms with Gasteiger partial charge in [0.1, 0.15) is 12.4 Å². The van der Waals surface area contributed by atoms with E-state index in [-0.39, 0.29) is 6.03 Å². The highest BCUT2D eigenvalue weighted by Gasteiger charge is 2.11. The van der Waals surface area contributed by atoms with Gasteiger partial charge >= 0.3 is 6.03 Å². The molecule has 3 rings (SSSR count). The summed E-state index contributed by atoms with van der Waals surface area (Å²) in [6.45, 7) is 3.00. The maximum Gasteiger partial charge on any atom is 0.319 e. The molecule has 1 aliphatic carbocycles. The fraction of sp³-hybridized carbons (Fsp3) is 0.350. The second kappa shape index (κ2) is 7.86. The van der Waals surface area contributed by atoms with Crippen LogP contribution in [0.4, 0.5) is 10.5 Å². The Hall–Kier alpha value is -2.49. The number of carbonyl (C=O) groups is 1. The van der Waals surface area contributed by atoms with Crippen LogP contribution in [0.5, 0.6) is 5.75 Å². The number of rotatable bonds is 6. The van der Waals surface area contributed by atoms with Crippen molar-refractivity contribution in [2.75, 3.05) is 18.5 Å². The third-order valence-corrected chi connectivity index (χ3v) is 4.37. The Morgan fingerprint density at radius 2 is 1.96 bits per heavy atom. The number of ether oxygens (including phenoxy) is 1. The van der Waals surface area contributed by atoms with Crippen LogP contribution in [0, 0.1) is 0 Å². The SMILES string of the molecule is CCc1ccccc1NC(=O)NCCOc1ccc2c(c1)CCC2. The molecule has 2 aromatic carbocycles. The van der Waals surface area contributed by atoms with Crippen molar-refractivity contribution >= 4 is 11.7 Å². The van der Waals surface area contributed by atoms with E-state index in [9.17, 15) is 4.79 Å². The molecule has 2 aromatic rings. The monoisotopic (exact) mass is 324 g/mol. The molecular formula is C20H24N2O2. The van der Waals surface area contributed by atoms with Crippen molar-refractivity contribution in [3.8, 4) is 5.75 Å². The van der Waals surface area contributed by atoms with Gasteiger partial charge in [0.2, 0.25) is 0 Å². The summed E-state index contributed by atoms with van der Waals surface area (Å²) in [7, 11) is 0. The van der Waals surface area contributed by atoms with Crippen molar-refractivity contribution < 1.29 is 9.53 Å². The number of anilines is 1. The van der Waals surface area contributed by atoms with Crippen molar-refractivity contribution in [2.45, 2.75) is 32.6 Å². The summed E-state index contributed by atoms with van der Waals surface area (Å²) in [5.74, 6) is 0.884. The molecule has 0 heterocycles. The average Bonchev–Trinajstić information content (AvgIpc) is 3.07. The van der Waals surface area contributed by atoms with E-state index in [4.69, 9.17) is 4.74 Å². The zero-order valence-corrected chi connectivity index (χ0v) is 14.1. The maximum atomic E-state index is 12.0. The van der Waals surface area contributed by atoms with Crippen LogP contribution in [0.15, 0.2) is 42.5 Å². The van der Waals surface area contributed by atoms with E-state index in [1.165, 1.54) is 24.0 Å². The molecule has 0 unspecified atom stereocenters. The molecule has 0 aromatic heterocycles. The number of urea groups is 1. The quantitative estimate of drug-likeness (QED) is 0.791. The molecule has 126 valence electrons. The predicted molar refractivity (Wildman–Crippen MR) is 96.8 cm³/mol. The first-order valence-corrected chi connectivity index (χ1v) is 8.63. The molecule has 0 radical (unpaired) electrons. The smallest absolute Gasteiger partial charge is 0.319 e. The van der Waals surface area contributed by atoms with Crippen LogP contribution in [-0.4, -0.2) is 19.2 Å². The average molecular weight is 324 g/mol. The van der Waals surface area contributed by atoms with Gasteiger partial charge in [-0.1, -0.05) is 31.2 Å². The third-order valence-electron chi connectivity index (χ3n) is 4.37. The standard InChI is InChI=1S/C20H24N2O2/c1-2-15-6-3-4-9-19(15)22-20(23)21-12-13-24-18-11-10-16-7-5-8-17(16)14-18/h3-4,6,9-11,14H,2,5,7-8,12-13H2,1H3,(H2,21,22,23). The van der Waals surface area contributed by atoms with Gasteiger partial charge in [-0.25, -0.2) is 4.79 Å². The summed E-state index contributed by atoms with van der Waals surface area (Å²) >= 11 is 0. The molecule has 4 nitrogen and oxygen atoms in total. The number of fused-ring (bicyclic) bond motifs is 1. The fourth-order valence-corrected chi connectivity index (χ4v) is 3.09. The molecule has 0 saturated heterocycles. The molecule has 2 N–H and O–H groups in total. The normalized spacial score (nSPS) is 12.5. The van der Waals surface area contributed by atoms with Crippen molar-refractivity contribution in [1.82, 2.24) is 5.32 Å². The number of hydrogen-bond acceptors (Lipinski definition) is 2. The first-order valence-electron chi connectivity index (χ1n) is 8.63. The molecule has 0 fully saturated rings. The van der Waals surface area contributed by atoms with Crippen molar-refractivity contribution in [2.24, 2.45) is 0 Å². The number of carbonyl (C=O) groups excluding carboxylic acids is 1. The molecule has 0 aliphatic heterocycles. The van der Waals surface area contributed by atoms with Gasteiger partial charge in [0.25, 0.3) is 0 Å². The summed E-state index contributed by atoms with van der Waals surface area (Å²) < 4.78 is 5.73. The number of benzene rings is 2. The molecular weight excluding hydrogens is 300 g/mol. The Kier molecular flexibility index (Phi) is 5.36. The summed E-state index contributed by atoms with van der Waals surface area (Å²) in [6, 6.07) is 13.9. The Morgan fingerprint density at radius 1 is 1.12 bits per heavy atom. The zero-order chi connectivity index (χ0) is 16.8. The molecule has 0 atom stereocenters. The van der Waals surface area contributed by atoms with Crippen LogP contribution in [-0.2, 0) is 19.3 Å². The predicted octanol–water partition coefficient (Wildman–Crippen LogP) is 3.94. The fourth-order valence-electron chi connectivity index (χ4n) is 3.09. The Bertz CT molecular complexity index is 713. The van der Waals surface area contributed by atoms with Gasteiger partial charge in [-0.3, -0.25) is 0 Å². The number of nitrogens with one attached hydrogen (secondary N) is 2. The first-order chi connectivity index (χ1) is 11.8. The molecule has 0 bridgehead atoms. The highest BCUT2D eigenvalue weighted by molar-refractivity contribution is 5.90. The van der Waals surface area contributed by atoms with Gasteiger partial charge in [0.05, 0.1) is 6.54 Å².